The van der Waals surface area contributed by atoms with E-state index in [1.54, 1.807) is 12.1 Å². The maximum Gasteiger partial charge on any atom is 0.143 e. The first-order valence-corrected chi connectivity index (χ1v) is 16.2. The molecular weight excluding hydrogens is 605 g/mol. The van der Waals surface area contributed by atoms with Crippen LogP contribution in [0.3, 0.4) is 0 Å². The van der Waals surface area contributed by atoms with Gasteiger partial charge in [-0.2, -0.15) is 0 Å². The Kier molecular flexibility index (Phi) is 4.26. The highest BCUT2D eigenvalue weighted by Gasteiger charge is 2.19. The number of para-hydroxylation sites is 1. The molecule has 0 amide bonds. The van der Waals surface area contributed by atoms with Gasteiger partial charge in [0.2, 0.25) is 0 Å². The van der Waals surface area contributed by atoms with E-state index < -0.39 is 85.0 Å². The van der Waals surface area contributed by atoms with Gasteiger partial charge in [0.05, 0.1) is 17.8 Å². The lowest BCUT2D eigenvalue weighted by molar-refractivity contribution is 0.670. The highest BCUT2D eigenvalue weighted by molar-refractivity contribution is 6.18. The second kappa shape index (κ2) is 11.6. The van der Waals surface area contributed by atoms with Gasteiger partial charge in [-0.3, -0.25) is 0 Å². The molecule has 0 spiro atoms. The molecule has 10 rings (SSSR count). The summed E-state index contributed by atoms with van der Waals surface area (Å²) in [5.74, 6) is 0. The smallest absolute Gasteiger partial charge is 0.143 e. The average molecular weight is 650 g/mol. The normalized spacial score (nSPS) is 15.3. The molecule has 0 saturated carbocycles. The zero-order valence-electron chi connectivity index (χ0n) is 39.4. The number of benzene rings is 9. The summed E-state index contributed by atoms with van der Waals surface area (Å²) in [6.07, 6.45) is -0.490. The van der Waals surface area contributed by atoms with Gasteiger partial charge < -0.3 is 4.42 Å². The van der Waals surface area contributed by atoms with Gasteiger partial charge in [0, 0.05) is 16.3 Å². The first kappa shape index (κ1) is 18.4. The van der Waals surface area contributed by atoms with Crippen LogP contribution in [0, 0.1) is 0 Å². The van der Waals surface area contributed by atoms with Gasteiger partial charge in [0.15, 0.2) is 0 Å². The van der Waals surface area contributed by atoms with Crippen molar-refractivity contribution in [1.82, 2.24) is 0 Å². The van der Waals surface area contributed by atoms with Gasteiger partial charge in [-0.15, -0.1) is 0 Å². The number of rotatable bonds is 5. The summed E-state index contributed by atoms with van der Waals surface area (Å²) < 4.78 is 121. The van der Waals surface area contributed by atoms with E-state index >= 15 is 0 Å². The van der Waals surface area contributed by atoms with E-state index in [9.17, 15) is 5.48 Å². The molecule has 234 valence electrons. The first-order valence-electron chi connectivity index (χ1n) is 22.7. The monoisotopic (exact) mass is 649 g/mol. The van der Waals surface area contributed by atoms with E-state index in [1.807, 2.05) is 60.7 Å². The fourth-order valence-electron chi connectivity index (χ4n) is 7.29. The SMILES string of the molecule is [2H]c1c([2H])c([2H])c(Cc2c3c([2H])c([2H])c([2H])c([2H])c3c(-c3ccc(-c4cccc5c4oc4cccc(-c6cccc7ccccc67)c45)cc3)c3c([2H])c([2H])c([2H])c([2H])c23)c([2H])c1[2H]. The highest BCUT2D eigenvalue weighted by atomic mass is 16.3. The lowest BCUT2D eigenvalue weighted by Gasteiger charge is -2.18. The minimum Gasteiger partial charge on any atom is -0.455 e. The van der Waals surface area contributed by atoms with Crippen LogP contribution in [-0.4, -0.2) is 0 Å². The molecular formula is C49H32O. The molecule has 0 unspecified atom stereocenters. The summed E-state index contributed by atoms with van der Waals surface area (Å²) in [6, 6.07) is 26.4. The largest absolute Gasteiger partial charge is 0.455 e. The quantitative estimate of drug-likeness (QED) is 0.169. The lowest BCUT2D eigenvalue weighted by atomic mass is 9.86. The van der Waals surface area contributed by atoms with Crippen molar-refractivity contribution < 1.29 is 22.2 Å². The van der Waals surface area contributed by atoms with E-state index in [-0.39, 0.29) is 38.2 Å². The van der Waals surface area contributed by atoms with Crippen LogP contribution >= 0.6 is 0 Å². The van der Waals surface area contributed by atoms with Crippen LogP contribution in [0.1, 0.15) is 28.9 Å². The molecule has 0 saturated heterocycles. The molecule has 0 aliphatic heterocycles. The van der Waals surface area contributed by atoms with Crippen molar-refractivity contribution in [3.63, 3.8) is 0 Å². The third-order valence-corrected chi connectivity index (χ3v) is 9.47. The van der Waals surface area contributed by atoms with Gasteiger partial charge in [-0.05, 0) is 83.7 Å². The molecule has 0 bridgehead atoms. The van der Waals surface area contributed by atoms with Crippen molar-refractivity contribution in [3.05, 3.63) is 193 Å². The number of hydrogen-bond donors (Lipinski definition) is 0. The van der Waals surface area contributed by atoms with E-state index in [2.05, 4.69) is 30.3 Å². The lowest BCUT2D eigenvalue weighted by Crippen LogP contribution is -1.95. The molecule has 9 aromatic carbocycles. The van der Waals surface area contributed by atoms with Crippen LogP contribution in [0.4, 0.5) is 0 Å². The Bertz CT molecular complexity index is 3520. The van der Waals surface area contributed by atoms with Gasteiger partial charge in [0.25, 0.3) is 0 Å². The Balaban J connectivity index is 1.22. The van der Waals surface area contributed by atoms with Gasteiger partial charge in [0.1, 0.15) is 11.2 Å². The zero-order chi connectivity index (χ0) is 44.3. The Hall–Kier alpha value is -6.44. The van der Waals surface area contributed by atoms with Crippen molar-refractivity contribution in [1.29, 1.82) is 0 Å². The second-order valence-electron chi connectivity index (χ2n) is 12.2. The third-order valence-electron chi connectivity index (χ3n) is 9.47. The van der Waals surface area contributed by atoms with Crippen LogP contribution in [0.15, 0.2) is 186 Å². The number of fused-ring (bicyclic) bond motifs is 6. The molecule has 0 radical (unpaired) electrons. The molecule has 1 nitrogen and oxygen atoms in total. The van der Waals surface area contributed by atoms with E-state index in [4.69, 9.17) is 16.8 Å². The number of hydrogen-bond acceptors (Lipinski definition) is 1. The maximum absolute atomic E-state index is 9.26. The predicted molar refractivity (Wildman–Crippen MR) is 212 cm³/mol. The van der Waals surface area contributed by atoms with Crippen LogP contribution in [0.25, 0.3) is 87.6 Å². The summed E-state index contributed by atoms with van der Waals surface area (Å²) in [6.45, 7) is 0. The molecule has 0 N–H and O–H groups in total. The summed E-state index contributed by atoms with van der Waals surface area (Å²) >= 11 is 0. The average Bonchev–Trinajstić information content (AvgIpc) is 3.70. The van der Waals surface area contributed by atoms with Crippen LogP contribution < -0.4 is 0 Å². The van der Waals surface area contributed by atoms with Crippen molar-refractivity contribution >= 4 is 54.3 Å². The Morgan fingerprint density at radius 3 is 1.80 bits per heavy atom. The minimum atomic E-state index is -0.617. The molecule has 1 heteroatoms. The molecule has 0 atom stereocenters. The van der Waals surface area contributed by atoms with E-state index in [0.717, 1.165) is 43.8 Å². The van der Waals surface area contributed by atoms with Crippen LogP contribution in [0.5, 0.6) is 0 Å². The summed E-state index contributed by atoms with van der Waals surface area (Å²) in [4.78, 5) is 0. The van der Waals surface area contributed by atoms with Gasteiger partial charge in [-0.25, -0.2) is 0 Å². The number of furan rings is 1. The van der Waals surface area contributed by atoms with E-state index in [0.29, 0.717) is 16.7 Å². The Labute approximate surface area is 308 Å². The summed E-state index contributed by atoms with van der Waals surface area (Å²) in [5, 5.41) is 3.88. The Morgan fingerprint density at radius 2 is 1.02 bits per heavy atom. The standard InChI is InChI=1S/C49H32O/c1-2-13-32(14-3-1)31-45-39-18-6-8-20-41(39)47(42-21-9-7-19-40(42)45)35-29-27-34(28-30-35)37-22-11-25-44-48-43(24-12-26-46(48)50-49(37)44)38-23-10-16-33-15-4-5-17-36(33)38/h1-30H,31H2/i1D,2D,3D,6D,7D,8D,9D,13D,14D,18D,19D,20D,21D. The fraction of sp³-hybridized carbons (Fsp3) is 0.0204. The van der Waals surface area contributed by atoms with Crippen LogP contribution in [0.2, 0.25) is 0 Å². The summed E-state index contributed by atoms with van der Waals surface area (Å²) in [5.41, 5.74) is 5.34. The molecule has 0 fully saturated rings. The van der Waals surface area contributed by atoms with Gasteiger partial charge in [-0.1, -0.05) is 176 Å². The van der Waals surface area contributed by atoms with Crippen molar-refractivity contribution in [2.45, 2.75) is 6.42 Å². The topological polar surface area (TPSA) is 13.1 Å². The van der Waals surface area contributed by atoms with Crippen molar-refractivity contribution in [2.24, 2.45) is 0 Å². The van der Waals surface area contributed by atoms with Crippen LogP contribution in [-0.2, 0) is 6.42 Å². The molecule has 0 aliphatic rings. The zero-order valence-corrected chi connectivity index (χ0v) is 26.4. The fourth-order valence-corrected chi connectivity index (χ4v) is 7.29. The second-order valence-corrected chi connectivity index (χ2v) is 12.2. The Morgan fingerprint density at radius 1 is 0.440 bits per heavy atom. The molecule has 10 aromatic rings. The van der Waals surface area contributed by atoms with Gasteiger partial charge >= 0.3 is 0 Å². The van der Waals surface area contributed by atoms with Crippen molar-refractivity contribution in [2.75, 3.05) is 0 Å². The maximum atomic E-state index is 9.26. The highest BCUT2D eigenvalue weighted by Crippen LogP contribution is 2.44. The predicted octanol–water partition coefficient (Wildman–Crippen LogP) is 13.6. The summed E-state index contributed by atoms with van der Waals surface area (Å²) in [7, 11) is 0. The third kappa shape index (κ3) is 4.55. The minimum absolute atomic E-state index is 0.0164. The molecule has 1 aromatic heterocycles. The molecule has 0 aliphatic carbocycles. The first-order chi connectivity index (χ1) is 30.2. The van der Waals surface area contributed by atoms with E-state index in [1.165, 1.54) is 0 Å². The molecule has 50 heavy (non-hydrogen) atoms. The molecule has 1 heterocycles. The van der Waals surface area contributed by atoms with Crippen molar-refractivity contribution in [3.8, 4) is 33.4 Å².